The van der Waals surface area contributed by atoms with Gasteiger partial charge in [-0.15, -0.1) is 0 Å². The number of carbonyl (C=O) groups excluding carboxylic acids is 2. The summed E-state index contributed by atoms with van der Waals surface area (Å²) in [6.07, 6.45) is 73.2. The van der Waals surface area contributed by atoms with Gasteiger partial charge in [0.25, 0.3) is 0 Å². The summed E-state index contributed by atoms with van der Waals surface area (Å²) in [6, 6.07) is 0. The van der Waals surface area contributed by atoms with Gasteiger partial charge in [0.2, 0.25) is 0 Å². The molecule has 75 heavy (non-hydrogen) atoms. The second-order valence-corrected chi connectivity index (χ2v) is 23.9. The summed E-state index contributed by atoms with van der Waals surface area (Å²) in [5, 5.41) is 0. The number of nitrogens with zero attached hydrogens (tertiary/aromatic N) is 1. The second-order valence-electron chi connectivity index (χ2n) is 22.4. The highest BCUT2D eigenvalue weighted by Crippen LogP contribution is 2.43. The van der Waals surface area contributed by atoms with Crippen molar-refractivity contribution >= 4 is 19.8 Å². The van der Waals surface area contributed by atoms with Gasteiger partial charge in [-0.3, -0.25) is 18.6 Å². The molecule has 438 valence electrons. The van der Waals surface area contributed by atoms with Gasteiger partial charge in [0.15, 0.2) is 6.10 Å². The molecule has 0 amide bonds. The molecule has 0 radical (unpaired) electrons. The smallest absolute Gasteiger partial charge is 0.462 e. The number of hydrogen-bond acceptors (Lipinski definition) is 7. The Morgan fingerprint density at radius 3 is 1.15 bits per heavy atom. The molecule has 0 aliphatic rings. The lowest BCUT2D eigenvalue weighted by atomic mass is 10.0. The quantitative estimate of drug-likeness (QED) is 0.0211. The number of ether oxygens (including phenoxy) is 2. The number of allylic oxidation sites excluding steroid dienone is 10. The molecule has 0 bridgehead atoms. The molecule has 0 aromatic heterocycles. The molecule has 0 saturated carbocycles. The van der Waals surface area contributed by atoms with Gasteiger partial charge in [-0.05, 0) is 77.0 Å². The lowest BCUT2D eigenvalue weighted by Crippen LogP contribution is -2.37. The summed E-state index contributed by atoms with van der Waals surface area (Å²) in [7, 11) is 1.48. The van der Waals surface area contributed by atoms with Crippen molar-refractivity contribution in [1.29, 1.82) is 0 Å². The standard InChI is InChI=1S/C65H120NO8P/c1-6-8-10-12-14-16-18-20-22-23-24-25-26-27-28-29-30-31-32-33-34-35-36-37-38-39-40-41-42-43-44-46-48-50-52-54-56-58-65(68)74-63(62-73-75(69,70)72-60-59-66(3,4)5)61-71-64(67)57-55-53-51-49-47-45-21-19-17-15-13-11-9-7-2/h8,10,14,16,19-22,24-25,63H,6-7,9,11-13,15,17-18,23,26-62H2,1-5H3/p+1/b10-8-,16-14-,21-19-,22-20-,25-24-. The van der Waals surface area contributed by atoms with E-state index in [1.165, 1.54) is 180 Å². The van der Waals surface area contributed by atoms with Crippen LogP contribution in [-0.2, 0) is 32.7 Å². The Balaban J connectivity index is 3.93. The summed E-state index contributed by atoms with van der Waals surface area (Å²) in [4.78, 5) is 35.7. The molecule has 10 heteroatoms. The zero-order valence-electron chi connectivity index (χ0n) is 49.8. The first-order valence-corrected chi connectivity index (χ1v) is 33.0. The van der Waals surface area contributed by atoms with Crippen molar-refractivity contribution < 1.29 is 42.1 Å². The lowest BCUT2D eigenvalue weighted by Gasteiger charge is -2.24. The van der Waals surface area contributed by atoms with Crippen molar-refractivity contribution in [2.45, 2.75) is 296 Å². The Hall–Kier alpha value is -2.29. The molecule has 0 heterocycles. The topological polar surface area (TPSA) is 108 Å². The molecule has 0 aliphatic carbocycles. The maximum Gasteiger partial charge on any atom is 0.472 e. The Morgan fingerprint density at radius 1 is 0.427 bits per heavy atom. The molecule has 0 aromatic rings. The zero-order valence-corrected chi connectivity index (χ0v) is 50.7. The van der Waals surface area contributed by atoms with Crippen molar-refractivity contribution in [3.05, 3.63) is 60.8 Å². The zero-order chi connectivity index (χ0) is 54.9. The summed E-state index contributed by atoms with van der Waals surface area (Å²) < 4.78 is 34.6. The van der Waals surface area contributed by atoms with E-state index in [0.717, 1.165) is 77.0 Å². The van der Waals surface area contributed by atoms with Gasteiger partial charge < -0.3 is 18.9 Å². The number of esters is 2. The number of rotatable bonds is 58. The molecule has 2 unspecified atom stereocenters. The Morgan fingerprint density at radius 2 is 0.760 bits per heavy atom. The average Bonchev–Trinajstić information content (AvgIpc) is 3.37. The number of quaternary nitrogens is 1. The molecule has 0 rings (SSSR count). The minimum absolute atomic E-state index is 0.0316. The van der Waals surface area contributed by atoms with E-state index >= 15 is 0 Å². The molecule has 0 saturated heterocycles. The lowest BCUT2D eigenvalue weighted by molar-refractivity contribution is -0.870. The molecule has 0 fully saturated rings. The van der Waals surface area contributed by atoms with Crippen molar-refractivity contribution in [1.82, 2.24) is 0 Å². The second kappa shape index (κ2) is 56.4. The van der Waals surface area contributed by atoms with Crippen molar-refractivity contribution in [3.63, 3.8) is 0 Å². The third-order valence-corrected chi connectivity index (χ3v) is 14.8. The largest absolute Gasteiger partial charge is 0.472 e. The van der Waals surface area contributed by atoms with E-state index in [4.69, 9.17) is 18.5 Å². The van der Waals surface area contributed by atoms with Crippen LogP contribution in [0.25, 0.3) is 0 Å². The highest BCUT2D eigenvalue weighted by molar-refractivity contribution is 7.47. The van der Waals surface area contributed by atoms with Crippen LogP contribution < -0.4 is 0 Å². The van der Waals surface area contributed by atoms with Gasteiger partial charge in [0.1, 0.15) is 19.8 Å². The predicted molar refractivity (Wildman–Crippen MR) is 321 cm³/mol. The molecule has 9 nitrogen and oxygen atoms in total. The number of hydrogen-bond donors (Lipinski definition) is 1. The van der Waals surface area contributed by atoms with Gasteiger partial charge >= 0.3 is 19.8 Å². The van der Waals surface area contributed by atoms with Crippen LogP contribution in [0, 0.1) is 0 Å². The van der Waals surface area contributed by atoms with Crippen LogP contribution >= 0.6 is 7.82 Å². The fourth-order valence-corrected chi connectivity index (χ4v) is 9.69. The van der Waals surface area contributed by atoms with E-state index in [2.05, 4.69) is 74.6 Å². The van der Waals surface area contributed by atoms with Crippen LogP contribution in [0.1, 0.15) is 290 Å². The third-order valence-electron chi connectivity index (χ3n) is 13.8. The van der Waals surface area contributed by atoms with Crippen LogP contribution in [0.5, 0.6) is 0 Å². The molecule has 0 aliphatic heterocycles. The summed E-state index contributed by atoms with van der Waals surface area (Å²) in [6.45, 7) is 4.33. The summed E-state index contributed by atoms with van der Waals surface area (Å²) in [5.74, 6) is -0.796. The van der Waals surface area contributed by atoms with Crippen LogP contribution in [0.3, 0.4) is 0 Å². The van der Waals surface area contributed by atoms with Gasteiger partial charge in [0, 0.05) is 12.8 Å². The maximum atomic E-state index is 12.8. The summed E-state index contributed by atoms with van der Waals surface area (Å²) in [5.41, 5.74) is 0. The number of phosphoric acid groups is 1. The van der Waals surface area contributed by atoms with Crippen LogP contribution in [0.2, 0.25) is 0 Å². The highest BCUT2D eigenvalue weighted by atomic mass is 31.2. The minimum atomic E-state index is -4.38. The van der Waals surface area contributed by atoms with Gasteiger partial charge in [-0.1, -0.05) is 261 Å². The summed E-state index contributed by atoms with van der Waals surface area (Å²) >= 11 is 0. The van der Waals surface area contributed by atoms with Crippen molar-refractivity contribution in [3.8, 4) is 0 Å². The van der Waals surface area contributed by atoms with E-state index in [1.54, 1.807) is 0 Å². The SMILES string of the molecule is CC/C=C\C/C=C\C/C=C\C/C=C\CCCCCCCCCCCCCCCCCCCCCCCCCCC(=O)OC(COC(=O)CCCCCCC/C=C\CCCCCCC)COP(=O)(O)OCC[N+](C)(C)C. The van der Waals surface area contributed by atoms with E-state index in [9.17, 15) is 19.0 Å². The molecular weight excluding hydrogens is 954 g/mol. The van der Waals surface area contributed by atoms with Crippen molar-refractivity contribution in [2.24, 2.45) is 0 Å². The Labute approximate surface area is 464 Å². The van der Waals surface area contributed by atoms with E-state index in [-0.39, 0.29) is 32.0 Å². The first-order chi connectivity index (χ1) is 36.5. The van der Waals surface area contributed by atoms with Crippen molar-refractivity contribution in [2.75, 3.05) is 47.5 Å². The molecule has 0 spiro atoms. The normalized spacial score (nSPS) is 13.6. The Kier molecular flexibility index (Phi) is 54.7. The minimum Gasteiger partial charge on any atom is -0.462 e. The number of likely N-dealkylation sites (N-methyl/N-ethyl adjacent to an activating group) is 1. The molecular formula is C65H121NO8P+. The van der Waals surface area contributed by atoms with Gasteiger partial charge in [-0.25, -0.2) is 4.57 Å². The predicted octanol–water partition coefficient (Wildman–Crippen LogP) is 19.9. The average molecular weight is 1080 g/mol. The monoisotopic (exact) mass is 1070 g/mol. The fraction of sp³-hybridized carbons (Fsp3) is 0.815. The maximum absolute atomic E-state index is 12.8. The van der Waals surface area contributed by atoms with E-state index in [0.29, 0.717) is 17.4 Å². The fourth-order valence-electron chi connectivity index (χ4n) is 8.95. The van der Waals surface area contributed by atoms with Crippen LogP contribution in [-0.4, -0.2) is 74.9 Å². The van der Waals surface area contributed by atoms with E-state index in [1.807, 2.05) is 21.1 Å². The Bertz CT molecular complexity index is 1450. The molecule has 2 atom stereocenters. The van der Waals surface area contributed by atoms with Gasteiger partial charge in [0.05, 0.1) is 27.7 Å². The highest BCUT2D eigenvalue weighted by Gasteiger charge is 2.27. The van der Waals surface area contributed by atoms with Gasteiger partial charge in [-0.2, -0.15) is 0 Å². The van der Waals surface area contributed by atoms with Crippen LogP contribution in [0.15, 0.2) is 60.8 Å². The number of unbranched alkanes of at least 4 members (excludes halogenated alkanes) is 34. The first kappa shape index (κ1) is 72.7. The number of carbonyl (C=O) groups is 2. The third kappa shape index (κ3) is 60.8. The first-order valence-electron chi connectivity index (χ1n) is 31.5. The van der Waals surface area contributed by atoms with E-state index < -0.39 is 26.5 Å². The molecule has 1 N–H and O–H groups in total. The number of phosphoric ester groups is 1. The molecule has 0 aromatic carbocycles. The van der Waals surface area contributed by atoms with Crippen LogP contribution in [0.4, 0.5) is 0 Å².